The highest BCUT2D eigenvalue weighted by Gasteiger charge is 2.03. The first-order chi connectivity index (χ1) is 7.45. The molecule has 0 bridgehead atoms. The Hall–Kier alpha value is -1.37. The second-order valence-electron chi connectivity index (χ2n) is 4.44. The summed E-state index contributed by atoms with van der Waals surface area (Å²) < 4.78 is 0. The van der Waals surface area contributed by atoms with Gasteiger partial charge in [0, 0.05) is 12.8 Å². The summed E-state index contributed by atoms with van der Waals surface area (Å²) in [6, 6.07) is 4.51. The Morgan fingerprint density at radius 3 is 2.12 bits per heavy atom. The highest BCUT2D eigenvalue weighted by molar-refractivity contribution is 5.99. The van der Waals surface area contributed by atoms with E-state index in [1.54, 1.807) is 0 Å². The number of benzene rings is 1. The molecule has 1 aromatic rings. The van der Waals surface area contributed by atoms with Crippen molar-refractivity contribution in [1.29, 1.82) is 0 Å². The molecule has 0 aliphatic carbocycles. The number of allylic oxidation sites excluding steroid dienone is 2. The molecule has 0 N–H and O–H groups in total. The minimum Gasteiger partial charge on any atom is -0.293 e. The van der Waals surface area contributed by atoms with Gasteiger partial charge in [-0.2, -0.15) is 0 Å². The molecule has 0 aliphatic rings. The van der Waals surface area contributed by atoms with Crippen LogP contribution in [0, 0.1) is 20.8 Å². The quantitative estimate of drug-likeness (QED) is 0.658. The Balaban J connectivity index is 3.24. The molecule has 1 nitrogen and oxygen atoms in total. The fourth-order valence-electron chi connectivity index (χ4n) is 1.84. The van der Waals surface area contributed by atoms with Crippen LogP contribution in [0.5, 0.6) is 0 Å². The lowest BCUT2D eigenvalue weighted by molar-refractivity contribution is 1.28. The van der Waals surface area contributed by atoms with E-state index in [1.807, 2.05) is 14.0 Å². The average Bonchev–Trinajstić information content (AvgIpc) is 2.23. The Morgan fingerprint density at radius 1 is 1.00 bits per heavy atom. The molecular formula is C15H21N. The van der Waals surface area contributed by atoms with Gasteiger partial charge in [-0.1, -0.05) is 12.1 Å². The van der Waals surface area contributed by atoms with Gasteiger partial charge in [0.05, 0.1) is 0 Å². The van der Waals surface area contributed by atoms with Crippen LogP contribution in [0.15, 0.2) is 23.2 Å². The van der Waals surface area contributed by atoms with E-state index in [4.69, 9.17) is 0 Å². The maximum Gasteiger partial charge on any atom is 0.0316 e. The van der Waals surface area contributed by atoms with Gasteiger partial charge in [-0.05, 0) is 68.5 Å². The van der Waals surface area contributed by atoms with Crippen molar-refractivity contribution < 1.29 is 0 Å². The van der Waals surface area contributed by atoms with E-state index in [0.717, 1.165) is 5.71 Å². The number of hydrogen-bond donors (Lipinski definition) is 0. The Kier molecular flexibility index (Phi) is 4.05. The summed E-state index contributed by atoms with van der Waals surface area (Å²) in [4.78, 5) is 4.16. The van der Waals surface area contributed by atoms with Gasteiger partial charge in [0.1, 0.15) is 0 Å². The minimum atomic E-state index is 1.06. The maximum atomic E-state index is 4.16. The number of nitrogens with zero attached hydrogens (tertiary/aromatic N) is 1. The summed E-state index contributed by atoms with van der Waals surface area (Å²) in [5, 5.41) is 0. The summed E-state index contributed by atoms with van der Waals surface area (Å²) in [5.41, 5.74) is 7.71. The van der Waals surface area contributed by atoms with Gasteiger partial charge in [-0.15, -0.1) is 0 Å². The topological polar surface area (TPSA) is 12.4 Å². The van der Waals surface area contributed by atoms with E-state index < -0.39 is 0 Å². The molecule has 0 fully saturated rings. The van der Waals surface area contributed by atoms with Crippen LogP contribution >= 0.6 is 0 Å². The molecule has 0 radical (unpaired) electrons. The normalized spacial score (nSPS) is 13.1. The molecule has 0 amide bonds. The molecule has 0 unspecified atom stereocenters. The van der Waals surface area contributed by atoms with Crippen molar-refractivity contribution in [1.82, 2.24) is 0 Å². The smallest absolute Gasteiger partial charge is 0.0316 e. The monoisotopic (exact) mass is 215 g/mol. The van der Waals surface area contributed by atoms with E-state index in [1.165, 1.54) is 27.8 Å². The standard InChI is InChI=1S/C15H21N/c1-10-7-12(3)15(9-11(10)2)13(4)8-14(5)16-6/h7-9H,1-6H3. The van der Waals surface area contributed by atoms with Crippen LogP contribution in [0.4, 0.5) is 0 Å². The third-order valence-electron chi connectivity index (χ3n) is 3.04. The van der Waals surface area contributed by atoms with Gasteiger partial charge in [0.25, 0.3) is 0 Å². The highest BCUT2D eigenvalue weighted by Crippen LogP contribution is 2.22. The lowest BCUT2D eigenvalue weighted by atomic mass is 9.95. The second-order valence-corrected chi connectivity index (χ2v) is 4.44. The summed E-state index contributed by atoms with van der Waals surface area (Å²) in [7, 11) is 1.83. The number of aryl methyl sites for hydroxylation is 3. The zero-order valence-corrected chi connectivity index (χ0v) is 11.2. The largest absolute Gasteiger partial charge is 0.293 e. The van der Waals surface area contributed by atoms with Crippen molar-refractivity contribution in [2.75, 3.05) is 7.05 Å². The molecule has 1 rings (SSSR count). The van der Waals surface area contributed by atoms with Crippen LogP contribution in [-0.4, -0.2) is 12.8 Å². The fraction of sp³-hybridized carbons (Fsp3) is 0.400. The van der Waals surface area contributed by atoms with E-state index in [9.17, 15) is 0 Å². The first kappa shape index (κ1) is 12.7. The molecular weight excluding hydrogens is 194 g/mol. The van der Waals surface area contributed by atoms with Crippen LogP contribution in [-0.2, 0) is 0 Å². The molecule has 1 heteroatoms. The lowest BCUT2D eigenvalue weighted by Crippen LogP contribution is -1.93. The van der Waals surface area contributed by atoms with Gasteiger partial charge in [0.15, 0.2) is 0 Å². The van der Waals surface area contributed by atoms with Crippen LogP contribution in [0.1, 0.15) is 36.1 Å². The fourth-order valence-corrected chi connectivity index (χ4v) is 1.84. The lowest BCUT2D eigenvalue weighted by Gasteiger charge is -2.10. The maximum absolute atomic E-state index is 4.16. The summed E-state index contributed by atoms with van der Waals surface area (Å²) >= 11 is 0. The van der Waals surface area contributed by atoms with E-state index in [2.05, 4.69) is 50.9 Å². The molecule has 86 valence electrons. The van der Waals surface area contributed by atoms with Crippen molar-refractivity contribution in [2.45, 2.75) is 34.6 Å². The molecule has 16 heavy (non-hydrogen) atoms. The molecule has 0 spiro atoms. The van der Waals surface area contributed by atoms with Crippen molar-refractivity contribution in [3.8, 4) is 0 Å². The molecule has 0 aliphatic heterocycles. The molecule has 0 saturated carbocycles. The zero-order valence-electron chi connectivity index (χ0n) is 11.2. The van der Waals surface area contributed by atoms with E-state index in [-0.39, 0.29) is 0 Å². The summed E-state index contributed by atoms with van der Waals surface area (Å²) in [6.45, 7) is 10.7. The SMILES string of the molecule is CN=C(C)C=C(C)c1cc(C)c(C)cc1C. The van der Waals surface area contributed by atoms with E-state index >= 15 is 0 Å². The van der Waals surface area contributed by atoms with Gasteiger partial charge in [0.2, 0.25) is 0 Å². The number of aliphatic imine (C=N–C) groups is 1. The number of hydrogen-bond acceptors (Lipinski definition) is 1. The Morgan fingerprint density at radius 2 is 1.56 bits per heavy atom. The minimum absolute atomic E-state index is 1.06. The molecule has 0 saturated heterocycles. The third-order valence-corrected chi connectivity index (χ3v) is 3.04. The first-order valence-corrected chi connectivity index (χ1v) is 5.65. The summed E-state index contributed by atoms with van der Waals surface area (Å²) in [5.74, 6) is 0. The molecule has 0 aromatic heterocycles. The molecule has 1 aromatic carbocycles. The third kappa shape index (κ3) is 2.82. The van der Waals surface area contributed by atoms with E-state index in [0.29, 0.717) is 0 Å². The summed E-state index contributed by atoms with van der Waals surface area (Å²) in [6.07, 6.45) is 2.14. The predicted octanol–water partition coefficient (Wildman–Crippen LogP) is 4.11. The van der Waals surface area contributed by atoms with Crippen LogP contribution < -0.4 is 0 Å². The van der Waals surface area contributed by atoms with Gasteiger partial charge >= 0.3 is 0 Å². The molecule has 0 atom stereocenters. The number of rotatable bonds is 2. The van der Waals surface area contributed by atoms with Crippen molar-refractivity contribution >= 4 is 11.3 Å². The first-order valence-electron chi connectivity index (χ1n) is 5.65. The van der Waals surface area contributed by atoms with Crippen molar-refractivity contribution in [2.24, 2.45) is 4.99 Å². The van der Waals surface area contributed by atoms with Crippen LogP contribution in [0.25, 0.3) is 5.57 Å². The average molecular weight is 215 g/mol. The Labute approximate surface area is 98.9 Å². The Bertz CT molecular complexity index is 451. The van der Waals surface area contributed by atoms with Gasteiger partial charge in [-0.25, -0.2) is 0 Å². The van der Waals surface area contributed by atoms with Crippen LogP contribution in [0.2, 0.25) is 0 Å². The second kappa shape index (κ2) is 5.11. The highest BCUT2D eigenvalue weighted by atomic mass is 14.7. The molecule has 0 heterocycles. The van der Waals surface area contributed by atoms with Gasteiger partial charge in [-0.3, -0.25) is 4.99 Å². The van der Waals surface area contributed by atoms with Crippen LogP contribution in [0.3, 0.4) is 0 Å². The zero-order chi connectivity index (χ0) is 12.3. The van der Waals surface area contributed by atoms with Gasteiger partial charge < -0.3 is 0 Å². The predicted molar refractivity (Wildman–Crippen MR) is 73.3 cm³/mol. The van der Waals surface area contributed by atoms with Crippen molar-refractivity contribution in [3.63, 3.8) is 0 Å². The van der Waals surface area contributed by atoms with Crippen molar-refractivity contribution in [3.05, 3.63) is 40.5 Å².